The summed E-state index contributed by atoms with van der Waals surface area (Å²) in [7, 11) is 0. The molecule has 0 saturated heterocycles. The van der Waals surface area contributed by atoms with E-state index >= 15 is 0 Å². The van der Waals surface area contributed by atoms with Gasteiger partial charge in [0.1, 0.15) is 17.9 Å². The molecular weight excluding hydrogens is 443 g/mol. The van der Waals surface area contributed by atoms with E-state index in [1.54, 1.807) is 17.2 Å². The highest BCUT2D eigenvalue weighted by molar-refractivity contribution is 5.73. The van der Waals surface area contributed by atoms with Crippen LogP contribution in [0.15, 0.2) is 47.4 Å². The molecule has 0 unspecified atom stereocenters. The molecule has 0 aliphatic heterocycles. The molecule has 13 heteroatoms. The first-order chi connectivity index (χ1) is 15.5. The molecule has 33 heavy (non-hydrogen) atoms. The maximum atomic E-state index is 10.6. The quantitative estimate of drug-likeness (QED) is 0.462. The lowest BCUT2D eigenvalue weighted by molar-refractivity contribution is -0.192. The van der Waals surface area contributed by atoms with E-state index in [4.69, 9.17) is 14.4 Å². The van der Waals surface area contributed by atoms with Crippen molar-refractivity contribution in [2.75, 3.05) is 5.32 Å². The van der Waals surface area contributed by atoms with E-state index in [0.29, 0.717) is 5.95 Å². The summed E-state index contributed by atoms with van der Waals surface area (Å²) in [6, 6.07) is 9.63. The maximum absolute atomic E-state index is 10.6. The molecule has 0 fully saturated rings. The van der Waals surface area contributed by atoms with E-state index in [1.165, 1.54) is 0 Å². The molecule has 2 N–H and O–H groups in total. The first kappa shape index (κ1) is 23.4. The largest absolute Gasteiger partial charge is 0.490 e. The van der Waals surface area contributed by atoms with Crippen LogP contribution in [0.5, 0.6) is 0 Å². The van der Waals surface area contributed by atoms with E-state index in [-0.39, 0.29) is 0 Å². The molecule has 0 saturated carbocycles. The smallest absolute Gasteiger partial charge is 0.475 e. The second-order valence-corrected chi connectivity index (χ2v) is 6.68. The molecule has 0 radical (unpaired) electrons. The fraction of sp³-hybridized carbons (Fsp3) is 0.200. The number of benzene rings is 1. The molecule has 3 heterocycles. The number of nitrogens with zero attached hydrogens (tertiary/aromatic N) is 6. The van der Waals surface area contributed by atoms with Crippen LogP contribution < -0.4 is 5.32 Å². The van der Waals surface area contributed by atoms with Gasteiger partial charge in [-0.05, 0) is 51.1 Å². The summed E-state index contributed by atoms with van der Waals surface area (Å²) >= 11 is 0. The Bertz CT molecular complexity index is 1230. The van der Waals surface area contributed by atoms with Gasteiger partial charge in [0, 0.05) is 11.9 Å². The van der Waals surface area contributed by atoms with Crippen molar-refractivity contribution in [3.63, 3.8) is 0 Å². The summed E-state index contributed by atoms with van der Waals surface area (Å²) in [5.41, 5.74) is 4.28. The molecule has 0 aliphatic carbocycles. The van der Waals surface area contributed by atoms with Gasteiger partial charge in [-0.25, -0.2) is 24.4 Å². The minimum atomic E-state index is -5.08. The Morgan fingerprint density at radius 2 is 1.76 bits per heavy atom. The number of carboxylic acids is 1. The number of hydrogen-bond donors (Lipinski definition) is 2. The van der Waals surface area contributed by atoms with Gasteiger partial charge in [0.25, 0.3) is 0 Å². The third kappa shape index (κ3) is 5.90. The molecule has 172 valence electrons. The van der Waals surface area contributed by atoms with Crippen molar-refractivity contribution in [3.8, 4) is 16.9 Å². The monoisotopic (exact) mass is 461 g/mol. The fourth-order valence-corrected chi connectivity index (χ4v) is 2.70. The summed E-state index contributed by atoms with van der Waals surface area (Å²) in [6.45, 7) is 5.62. The van der Waals surface area contributed by atoms with Crippen molar-refractivity contribution in [3.05, 3.63) is 60.1 Å². The lowest BCUT2D eigenvalue weighted by atomic mass is 10.1. The Labute approximate surface area is 185 Å². The Hall–Kier alpha value is -4.29. The molecule has 1 aromatic carbocycles. The van der Waals surface area contributed by atoms with Crippen LogP contribution in [0.25, 0.3) is 16.9 Å². The average Bonchev–Trinajstić information content (AvgIpc) is 3.33. The predicted molar refractivity (Wildman–Crippen MR) is 110 cm³/mol. The predicted octanol–water partition coefficient (Wildman–Crippen LogP) is 4.01. The van der Waals surface area contributed by atoms with Crippen LogP contribution >= 0.6 is 0 Å². The number of aromatic nitrogens is 6. The minimum Gasteiger partial charge on any atom is -0.475 e. The molecule has 3 aromatic heterocycles. The zero-order valence-corrected chi connectivity index (χ0v) is 17.6. The summed E-state index contributed by atoms with van der Waals surface area (Å²) in [5, 5.41) is 18.6. The summed E-state index contributed by atoms with van der Waals surface area (Å²) in [5.74, 6) is -0.782. The normalized spacial score (nSPS) is 11.0. The molecule has 0 bridgehead atoms. The minimum absolute atomic E-state index is 0.506. The standard InChI is InChI=1S/C18H17N7O.C2HF3O2/c1-11-17(12(2)26-24-11)16-8-9-19-18(22-16)21-14-4-6-15(7-5-14)25-10-20-13(3)23-25;3-2(4,5)1(6)7/h4-10H,1-3H3,(H,19,21,22);(H,6,7). The third-order valence-electron chi connectivity index (χ3n) is 4.18. The van der Waals surface area contributed by atoms with Crippen molar-refractivity contribution in [1.29, 1.82) is 0 Å². The van der Waals surface area contributed by atoms with Crippen LogP contribution in [-0.2, 0) is 4.79 Å². The first-order valence-corrected chi connectivity index (χ1v) is 9.36. The van der Waals surface area contributed by atoms with E-state index in [0.717, 1.165) is 39.9 Å². The van der Waals surface area contributed by atoms with E-state index in [2.05, 4.69) is 30.5 Å². The molecule has 4 rings (SSSR count). The molecule has 0 aliphatic rings. The summed E-state index contributed by atoms with van der Waals surface area (Å²) in [6.07, 6.45) is -1.68. The second kappa shape index (κ2) is 9.46. The lowest BCUT2D eigenvalue weighted by Gasteiger charge is -2.07. The van der Waals surface area contributed by atoms with Crippen LogP contribution in [0.2, 0.25) is 0 Å². The molecule has 4 aromatic rings. The fourth-order valence-electron chi connectivity index (χ4n) is 2.70. The van der Waals surface area contributed by atoms with Crippen molar-refractivity contribution in [2.45, 2.75) is 26.9 Å². The number of hydrogen-bond acceptors (Lipinski definition) is 8. The van der Waals surface area contributed by atoms with Gasteiger partial charge in [0.2, 0.25) is 5.95 Å². The van der Waals surface area contributed by atoms with Crippen LogP contribution in [0.4, 0.5) is 24.8 Å². The highest BCUT2D eigenvalue weighted by Crippen LogP contribution is 2.26. The molecule has 0 amide bonds. The van der Waals surface area contributed by atoms with Gasteiger partial charge in [-0.15, -0.1) is 0 Å². The van der Waals surface area contributed by atoms with Gasteiger partial charge in [-0.1, -0.05) is 5.16 Å². The van der Waals surface area contributed by atoms with Gasteiger partial charge in [-0.2, -0.15) is 18.3 Å². The van der Waals surface area contributed by atoms with Gasteiger partial charge >= 0.3 is 12.1 Å². The number of aryl methyl sites for hydroxylation is 3. The SMILES string of the molecule is Cc1ncn(-c2ccc(Nc3nccc(-c4c(C)noc4C)n3)cc2)n1.O=C(O)C(F)(F)F. The highest BCUT2D eigenvalue weighted by atomic mass is 19.4. The highest BCUT2D eigenvalue weighted by Gasteiger charge is 2.38. The van der Waals surface area contributed by atoms with E-state index in [1.807, 2.05) is 51.1 Å². The second-order valence-electron chi connectivity index (χ2n) is 6.68. The average molecular weight is 461 g/mol. The Morgan fingerprint density at radius 3 is 2.27 bits per heavy atom. The zero-order valence-electron chi connectivity index (χ0n) is 17.6. The van der Waals surface area contributed by atoms with Gasteiger partial charge in [0.05, 0.1) is 22.6 Å². The first-order valence-electron chi connectivity index (χ1n) is 9.36. The third-order valence-corrected chi connectivity index (χ3v) is 4.18. The lowest BCUT2D eigenvalue weighted by Crippen LogP contribution is -2.21. The number of rotatable bonds is 4. The maximum Gasteiger partial charge on any atom is 0.490 e. The Balaban J connectivity index is 0.000000383. The Kier molecular flexibility index (Phi) is 6.70. The number of nitrogens with one attached hydrogen (secondary N) is 1. The number of carboxylic acid groups (broad SMARTS) is 1. The number of alkyl halides is 3. The summed E-state index contributed by atoms with van der Waals surface area (Å²) in [4.78, 5) is 21.9. The van der Waals surface area contributed by atoms with Crippen molar-refractivity contribution < 1.29 is 27.6 Å². The number of carbonyl (C=O) groups is 1. The molecule has 0 spiro atoms. The van der Waals surface area contributed by atoms with Crippen LogP contribution in [0.1, 0.15) is 17.3 Å². The zero-order chi connectivity index (χ0) is 24.2. The van der Waals surface area contributed by atoms with Gasteiger partial charge < -0.3 is 14.9 Å². The van der Waals surface area contributed by atoms with E-state index in [9.17, 15) is 13.2 Å². The van der Waals surface area contributed by atoms with E-state index < -0.39 is 12.1 Å². The van der Waals surface area contributed by atoms with Gasteiger partial charge in [-0.3, -0.25) is 0 Å². The van der Waals surface area contributed by atoms with Gasteiger partial charge in [0.15, 0.2) is 0 Å². The van der Waals surface area contributed by atoms with Crippen molar-refractivity contribution in [2.24, 2.45) is 0 Å². The molecule has 10 nitrogen and oxygen atoms in total. The number of halogens is 3. The topological polar surface area (TPSA) is 132 Å². The number of anilines is 2. The molecular formula is C20H18F3N7O3. The number of aliphatic carboxylic acids is 1. The molecule has 0 atom stereocenters. The summed E-state index contributed by atoms with van der Waals surface area (Å²) < 4.78 is 38.7. The van der Waals surface area contributed by atoms with Crippen LogP contribution in [-0.4, -0.2) is 47.1 Å². The van der Waals surface area contributed by atoms with Crippen LogP contribution in [0.3, 0.4) is 0 Å². The Morgan fingerprint density at radius 1 is 1.09 bits per heavy atom. The van der Waals surface area contributed by atoms with Crippen molar-refractivity contribution in [1.82, 2.24) is 29.9 Å². The van der Waals surface area contributed by atoms with Crippen molar-refractivity contribution >= 4 is 17.6 Å². The van der Waals surface area contributed by atoms with Crippen LogP contribution in [0, 0.1) is 20.8 Å².